The van der Waals surface area contributed by atoms with E-state index in [1.54, 1.807) is 6.20 Å². The van der Waals surface area contributed by atoms with Crippen LogP contribution in [0.25, 0.3) is 22.0 Å². The van der Waals surface area contributed by atoms with Gasteiger partial charge in [0.1, 0.15) is 18.0 Å². The van der Waals surface area contributed by atoms with Crippen LogP contribution in [-0.2, 0) is 9.53 Å². The van der Waals surface area contributed by atoms with Crippen molar-refractivity contribution in [3.8, 4) is 22.8 Å². The van der Waals surface area contributed by atoms with E-state index in [1.165, 1.54) is 0 Å². The van der Waals surface area contributed by atoms with E-state index in [2.05, 4.69) is 15.3 Å². The predicted molar refractivity (Wildman–Crippen MR) is 121 cm³/mol. The maximum absolute atomic E-state index is 11.6. The number of ether oxygens (including phenoxy) is 3. The number of rotatable bonds is 6. The molecule has 3 aromatic rings. The van der Waals surface area contributed by atoms with Crippen molar-refractivity contribution in [2.24, 2.45) is 5.92 Å². The third kappa shape index (κ3) is 4.53. The fraction of sp³-hybridized carbons (Fsp3) is 0.400. The predicted octanol–water partition coefficient (Wildman–Crippen LogP) is 3.76. The van der Waals surface area contributed by atoms with Crippen molar-refractivity contribution in [1.29, 1.82) is 0 Å². The van der Waals surface area contributed by atoms with Gasteiger partial charge in [-0.25, -0.2) is 4.98 Å². The van der Waals surface area contributed by atoms with Crippen molar-refractivity contribution >= 4 is 16.8 Å². The van der Waals surface area contributed by atoms with Gasteiger partial charge in [0.25, 0.3) is 0 Å². The standard InChI is InChI=1S/C25H27N3O4/c1-16(19-13-24(29)27-15-19)31-23-12-18(11-22-21(23)3-2-8-26-22)17-4-5-25(28-14-17)32-20-6-9-30-10-7-20/h2-5,8,11-12,14,16,19-20H,6-7,9-10,13,15H2,1H3,(H,27,29)/t16-,19+/m1/s1. The molecule has 32 heavy (non-hydrogen) atoms. The summed E-state index contributed by atoms with van der Waals surface area (Å²) in [5, 5.41) is 3.84. The van der Waals surface area contributed by atoms with E-state index in [-0.39, 0.29) is 24.0 Å². The molecule has 0 unspecified atom stereocenters. The Balaban J connectivity index is 1.39. The first-order chi connectivity index (χ1) is 15.7. The van der Waals surface area contributed by atoms with Gasteiger partial charge in [0.2, 0.25) is 11.8 Å². The van der Waals surface area contributed by atoms with Gasteiger partial charge in [0, 0.05) is 61.1 Å². The zero-order chi connectivity index (χ0) is 21.9. The van der Waals surface area contributed by atoms with Gasteiger partial charge >= 0.3 is 0 Å². The van der Waals surface area contributed by atoms with Crippen LogP contribution >= 0.6 is 0 Å². The molecule has 1 N–H and O–H groups in total. The molecule has 0 radical (unpaired) electrons. The largest absolute Gasteiger partial charge is 0.490 e. The summed E-state index contributed by atoms with van der Waals surface area (Å²) in [6, 6.07) is 11.9. The second kappa shape index (κ2) is 9.12. The number of nitrogens with zero attached hydrogens (tertiary/aromatic N) is 2. The van der Waals surface area contributed by atoms with Gasteiger partial charge in [-0.05, 0) is 42.8 Å². The van der Waals surface area contributed by atoms with Crippen LogP contribution in [0.1, 0.15) is 26.2 Å². The third-order valence-corrected chi connectivity index (χ3v) is 6.19. The Hall–Kier alpha value is -3.19. The van der Waals surface area contributed by atoms with Crippen LogP contribution in [0.2, 0.25) is 0 Å². The van der Waals surface area contributed by atoms with E-state index in [9.17, 15) is 4.79 Å². The lowest BCUT2D eigenvalue weighted by Crippen LogP contribution is -2.26. The minimum atomic E-state index is -0.0963. The number of carbonyl (C=O) groups excluding carboxylic acids is 1. The number of aromatic nitrogens is 2. The summed E-state index contributed by atoms with van der Waals surface area (Å²) >= 11 is 0. The van der Waals surface area contributed by atoms with Gasteiger partial charge in [-0.1, -0.05) is 0 Å². The lowest BCUT2D eigenvalue weighted by atomic mass is 10.0. The van der Waals surface area contributed by atoms with Gasteiger partial charge in [-0.2, -0.15) is 0 Å². The number of hydrogen-bond acceptors (Lipinski definition) is 6. The van der Waals surface area contributed by atoms with E-state index in [1.807, 2.05) is 49.5 Å². The Morgan fingerprint density at radius 2 is 2.00 bits per heavy atom. The normalized spacial score (nSPS) is 20.2. The highest BCUT2D eigenvalue weighted by Crippen LogP contribution is 2.33. The molecule has 0 spiro atoms. The topological polar surface area (TPSA) is 82.6 Å². The highest BCUT2D eigenvalue weighted by Gasteiger charge is 2.28. The average Bonchev–Trinajstić information content (AvgIpc) is 3.27. The number of carbonyl (C=O) groups is 1. The van der Waals surface area contributed by atoms with Crippen molar-refractivity contribution in [3.05, 3.63) is 48.8 Å². The van der Waals surface area contributed by atoms with Crippen molar-refractivity contribution in [2.45, 2.75) is 38.4 Å². The lowest BCUT2D eigenvalue weighted by molar-refractivity contribution is -0.119. The van der Waals surface area contributed by atoms with Crippen LogP contribution in [0.3, 0.4) is 0 Å². The van der Waals surface area contributed by atoms with Crippen molar-refractivity contribution < 1.29 is 19.0 Å². The highest BCUT2D eigenvalue weighted by molar-refractivity contribution is 5.90. The quantitative estimate of drug-likeness (QED) is 0.637. The molecule has 2 atom stereocenters. The molecule has 0 bridgehead atoms. The number of fused-ring (bicyclic) bond motifs is 1. The fourth-order valence-electron chi connectivity index (χ4n) is 4.25. The van der Waals surface area contributed by atoms with Gasteiger partial charge in [0.15, 0.2) is 0 Å². The molecule has 4 heterocycles. The molecule has 7 heteroatoms. The van der Waals surface area contributed by atoms with Crippen LogP contribution in [0.4, 0.5) is 0 Å². The number of amides is 1. The molecule has 2 aliphatic rings. The van der Waals surface area contributed by atoms with Gasteiger partial charge < -0.3 is 19.5 Å². The molecule has 7 nitrogen and oxygen atoms in total. The Kier molecular flexibility index (Phi) is 5.90. The summed E-state index contributed by atoms with van der Waals surface area (Å²) in [5.74, 6) is 1.63. The summed E-state index contributed by atoms with van der Waals surface area (Å²) in [5.41, 5.74) is 2.80. The summed E-state index contributed by atoms with van der Waals surface area (Å²) < 4.78 is 17.7. The van der Waals surface area contributed by atoms with E-state index in [0.717, 1.165) is 53.8 Å². The lowest BCUT2D eigenvalue weighted by Gasteiger charge is -2.22. The number of hydrogen-bond donors (Lipinski definition) is 1. The van der Waals surface area contributed by atoms with E-state index in [4.69, 9.17) is 14.2 Å². The minimum absolute atomic E-state index is 0.0832. The van der Waals surface area contributed by atoms with Gasteiger partial charge in [-0.15, -0.1) is 0 Å². The first-order valence-electron chi connectivity index (χ1n) is 11.2. The Labute approximate surface area is 187 Å². The fourth-order valence-corrected chi connectivity index (χ4v) is 4.25. The zero-order valence-corrected chi connectivity index (χ0v) is 18.1. The van der Waals surface area contributed by atoms with Crippen LogP contribution < -0.4 is 14.8 Å². The molecule has 2 saturated heterocycles. The third-order valence-electron chi connectivity index (χ3n) is 6.19. The van der Waals surface area contributed by atoms with Crippen LogP contribution in [0, 0.1) is 5.92 Å². The molecule has 0 saturated carbocycles. The molecule has 2 aromatic heterocycles. The zero-order valence-electron chi connectivity index (χ0n) is 18.1. The second-order valence-corrected chi connectivity index (χ2v) is 8.45. The summed E-state index contributed by atoms with van der Waals surface area (Å²) in [6.45, 7) is 4.14. The van der Waals surface area contributed by atoms with E-state index >= 15 is 0 Å². The second-order valence-electron chi connectivity index (χ2n) is 8.45. The molecule has 1 aromatic carbocycles. The van der Waals surface area contributed by atoms with E-state index in [0.29, 0.717) is 18.8 Å². The van der Waals surface area contributed by atoms with Crippen molar-refractivity contribution in [1.82, 2.24) is 15.3 Å². The number of benzene rings is 1. The van der Waals surface area contributed by atoms with Crippen molar-refractivity contribution in [2.75, 3.05) is 19.8 Å². The van der Waals surface area contributed by atoms with Crippen LogP contribution in [0.15, 0.2) is 48.8 Å². The molecular formula is C25H27N3O4. The van der Waals surface area contributed by atoms with E-state index < -0.39 is 0 Å². The first-order valence-corrected chi connectivity index (χ1v) is 11.2. The summed E-state index contributed by atoms with van der Waals surface area (Å²) in [7, 11) is 0. The van der Waals surface area contributed by atoms with Crippen LogP contribution in [0.5, 0.6) is 11.6 Å². The summed E-state index contributed by atoms with van der Waals surface area (Å²) in [4.78, 5) is 20.7. The SMILES string of the molecule is C[C@@H](Oc1cc(-c2ccc(OC3CCOCC3)nc2)cc2ncccc12)[C@@H]1CNC(=O)C1. The van der Waals surface area contributed by atoms with Gasteiger partial charge in [-0.3, -0.25) is 9.78 Å². The maximum atomic E-state index is 11.6. The molecule has 166 valence electrons. The van der Waals surface area contributed by atoms with Gasteiger partial charge in [0.05, 0.1) is 18.7 Å². The maximum Gasteiger partial charge on any atom is 0.220 e. The molecular weight excluding hydrogens is 406 g/mol. The summed E-state index contributed by atoms with van der Waals surface area (Å²) in [6.07, 6.45) is 5.94. The molecule has 2 aliphatic heterocycles. The monoisotopic (exact) mass is 433 g/mol. The Morgan fingerprint density at radius 3 is 2.75 bits per heavy atom. The Morgan fingerprint density at radius 1 is 1.12 bits per heavy atom. The smallest absolute Gasteiger partial charge is 0.220 e. The number of pyridine rings is 2. The molecule has 0 aliphatic carbocycles. The van der Waals surface area contributed by atoms with Crippen LogP contribution in [-0.4, -0.2) is 47.8 Å². The minimum Gasteiger partial charge on any atom is -0.490 e. The Bertz CT molecular complexity index is 1100. The molecule has 5 rings (SSSR count). The molecule has 1 amide bonds. The highest BCUT2D eigenvalue weighted by atomic mass is 16.5. The molecule has 2 fully saturated rings. The first kappa shape index (κ1) is 20.7. The average molecular weight is 434 g/mol. The number of nitrogens with one attached hydrogen (secondary N) is 1. The van der Waals surface area contributed by atoms with Crippen molar-refractivity contribution in [3.63, 3.8) is 0 Å².